The van der Waals surface area contributed by atoms with Gasteiger partial charge in [0.1, 0.15) is 0 Å². The number of amides is 1. The number of carbonyl (C=O) groups excluding carboxylic acids is 3. The molecule has 0 spiro atoms. The molecule has 1 amide bonds. The lowest BCUT2D eigenvalue weighted by atomic mass is 9.91. The summed E-state index contributed by atoms with van der Waals surface area (Å²) >= 11 is 1.18. The van der Waals surface area contributed by atoms with Gasteiger partial charge in [0.15, 0.2) is 22.2 Å². The quantitative estimate of drug-likeness (QED) is 0.472. The van der Waals surface area contributed by atoms with Gasteiger partial charge in [-0.3, -0.25) is 9.59 Å². The van der Waals surface area contributed by atoms with Crippen molar-refractivity contribution in [1.82, 2.24) is 4.90 Å². The van der Waals surface area contributed by atoms with Gasteiger partial charge < -0.3 is 9.64 Å². The Labute approximate surface area is 176 Å². The minimum absolute atomic E-state index is 0.00930. The molecule has 0 N–H and O–H groups in total. The van der Waals surface area contributed by atoms with Gasteiger partial charge in [-0.2, -0.15) is 0 Å². The van der Waals surface area contributed by atoms with Crippen molar-refractivity contribution in [3.63, 3.8) is 0 Å². The van der Waals surface area contributed by atoms with Crippen LogP contribution in [0, 0.1) is 5.41 Å². The topological polar surface area (TPSA) is 97.8 Å². The van der Waals surface area contributed by atoms with E-state index in [-0.39, 0.29) is 47.2 Å². The molecule has 1 fully saturated rings. The molecule has 9 heteroatoms. The van der Waals surface area contributed by atoms with E-state index >= 15 is 0 Å². The molecule has 1 aliphatic heterocycles. The number of ether oxygens (including phenoxy) is 1. The summed E-state index contributed by atoms with van der Waals surface area (Å²) < 4.78 is 28.4. The Morgan fingerprint density at radius 1 is 1.21 bits per heavy atom. The molecule has 160 valence electrons. The fourth-order valence-corrected chi connectivity index (χ4v) is 5.45. The van der Waals surface area contributed by atoms with Crippen molar-refractivity contribution in [1.29, 1.82) is 0 Å². The molecule has 0 aliphatic carbocycles. The van der Waals surface area contributed by atoms with Crippen LogP contribution in [0.15, 0.2) is 29.2 Å². The Kier molecular flexibility index (Phi) is 7.50. The van der Waals surface area contributed by atoms with E-state index in [9.17, 15) is 22.8 Å². The number of benzene rings is 1. The Bertz CT molecular complexity index is 888. The van der Waals surface area contributed by atoms with Gasteiger partial charge in [-0.25, -0.2) is 13.2 Å². The maximum absolute atomic E-state index is 12.5. The summed E-state index contributed by atoms with van der Waals surface area (Å²) in [5, 5.41) is 0. The highest BCUT2D eigenvalue weighted by Crippen LogP contribution is 2.25. The summed E-state index contributed by atoms with van der Waals surface area (Å²) in [7, 11) is -1.47. The van der Waals surface area contributed by atoms with Crippen molar-refractivity contribution in [3.05, 3.63) is 29.8 Å². The summed E-state index contributed by atoms with van der Waals surface area (Å²) in [5.74, 6) is -0.844. The van der Waals surface area contributed by atoms with Gasteiger partial charge in [0, 0.05) is 23.4 Å². The van der Waals surface area contributed by atoms with Crippen LogP contribution in [0.5, 0.6) is 0 Å². The lowest BCUT2D eigenvalue weighted by Crippen LogP contribution is -2.38. The minimum Gasteiger partial charge on any atom is -0.454 e. The molecule has 0 saturated carbocycles. The first-order valence-electron chi connectivity index (χ1n) is 9.29. The highest BCUT2D eigenvalue weighted by atomic mass is 32.2. The fraction of sp³-hybridized carbons (Fsp3) is 0.550. The second-order valence-corrected chi connectivity index (χ2v) is 11.3. The summed E-state index contributed by atoms with van der Waals surface area (Å²) in [5.41, 5.74) is -0.308. The van der Waals surface area contributed by atoms with Crippen LogP contribution >= 0.6 is 11.8 Å². The van der Waals surface area contributed by atoms with Crippen LogP contribution in [0.4, 0.5) is 0 Å². The van der Waals surface area contributed by atoms with Crippen LogP contribution in [0.3, 0.4) is 0 Å². The lowest BCUT2D eigenvalue weighted by Gasteiger charge is -2.23. The van der Waals surface area contributed by atoms with E-state index in [1.165, 1.54) is 16.7 Å². The van der Waals surface area contributed by atoms with E-state index in [4.69, 9.17) is 4.74 Å². The van der Waals surface area contributed by atoms with Gasteiger partial charge in [-0.05, 0) is 18.6 Å². The molecule has 1 atom stereocenters. The van der Waals surface area contributed by atoms with Gasteiger partial charge in [-0.1, -0.05) is 32.9 Å². The van der Waals surface area contributed by atoms with E-state index < -0.39 is 21.2 Å². The number of Topliss-reactive ketones (excluding diaryl/α,β-unsaturated/α-hetero) is 1. The molecule has 1 saturated heterocycles. The van der Waals surface area contributed by atoms with Crippen LogP contribution in [0.25, 0.3) is 0 Å². The van der Waals surface area contributed by atoms with Gasteiger partial charge >= 0.3 is 5.97 Å². The number of nitrogens with zero attached hydrogens (tertiary/aromatic N) is 1. The van der Waals surface area contributed by atoms with Crippen LogP contribution in [-0.4, -0.2) is 67.9 Å². The average Bonchev–Trinajstić information content (AvgIpc) is 3.02. The van der Waals surface area contributed by atoms with E-state index in [0.29, 0.717) is 11.3 Å². The van der Waals surface area contributed by atoms with Gasteiger partial charge in [0.05, 0.1) is 22.8 Å². The average molecular weight is 442 g/mol. The SMILES string of the molecule is CN(C(=O)CSc1ccccc1C(=O)OCC(=O)C(C)(C)C)[C@@H]1CCS(=O)(=O)C1. The molecule has 0 radical (unpaired) electrons. The Morgan fingerprint density at radius 3 is 2.45 bits per heavy atom. The zero-order valence-corrected chi connectivity index (χ0v) is 18.8. The van der Waals surface area contributed by atoms with Crippen molar-refractivity contribution < 1.29 is 27.5 Å². The normalized spacial score (nSPS) is 18.3. The number of ketones is 1. The highest BCUT2D eigenvalue weighted by Gasteiger charge is 2.32. The van der Waals surface area contributed by atoms with E-state index in [0.717, 1.165) is 0 Å². The molecular formula is C20H27NO6S2. The third-order valence-corrected chi connectivity index (χ3v) is 7.59. The highest BCUT2D eigenvalue weighted by molar-refractivity contribution is 8.00. The van der Waals surface area contributed by atoms with Gasteiger partial charge in [0.2, 0.25) is 5.91 Å². The number of hydrogen-bond donors (Lipinski definition) is 0. The molecule has 0 unspecified atom stereocenters. The predicted molar refractivity (Wildman–Crippen MR) is 112 cm³/mol. The molecule has 29 heavy (non-hydrogen) atoms. The molecule has 1 heterocycles. The van der Waals surface area contributed by atoms with Crippen molar-refractivity contribution in [2.75, 3.05) is 30.9 Å². The summed E-state index contributed by atoms with van der Waals surface area (Å²) in [4.78, 5) is 38.9. The first-order valence-corrected chi connectivity index (χ1v) is 12.1. The number of esters is 1. The molecule has 0 bridgehead atoms. The summed E-state index contributed by atoms with van der Waals surface area (Å²) in [6, 6.07) is 6.42. The monoisotopic (exact) mass is 441 g/mol. The van der Waals surface area contributed by atoms with Crippen molar-refractivity contribution in [2.24, 2.45) is 5.41 Å². The third kappa shape index (κ3) is 6.57. The van der Waals surface area contributed by atoms with E-state index in [1.54, 1.807) is 52.1 Å². The summed E-state index contributed by atoms with van der Waals surface area (Å²) in [6.45, 7) is 4.96. The number of sulfone groups is 1. The molecule has 0 aromatic heterocycles. The number of rotatable bonds is 7. The Balaban J connectivity index is 1.97. The standard InChI is InChI=1S/C20H27NO6S2/c1-20(2,3)17(22)11-27-19(24)15-7-5-6-8-16(15)28-12-18(23)21(4)14-9-10-29(25,26)13-14/h5-8,14H,9-13H2,1-4H3/t14-/m1/s1. The zero-order valence-electron chi connectivity index (χ0n) is 17.1. The van der Waals surface area contributed by atoms with Gasteiger partial charge in [-0.15, -0.1) is 11.8 Å². The third-order valence-electron chi connectivity index (χ3n) is 4.78. The van der Waals surface area contributed by atoms with Crippen molar-refractivity contribution >= 4 is 39.3 Å². The molecule has 7 nitrogen and oxygen atoms in total. The van der Waals surface area contributed by atoms with Crippen LogP contribution in [0.1, 0.15) is 37.6 Å². The predicted octanol–water partition coefficient (Wildman–Crippen LogP) is 2.20. The van der Waals surface area contributed by atoms with Crippen molar-refractivity contribution in [3.8, 4) is 0 Å². The number of carbonyl (C=O) groups is 3. The fourth-order valence-electron chi connectivity index (χ4n) is 2.71. The molecular weight excluding hydrogens is 414 g/mol. The maximum atomic E-state index is 12.5. The molecule has 1 aromatic rings. The molecule has 2 rings (SSSR count). The van der Waals surface area contributed by atoms with Crippen LogP contribution < -0.4 is 0 Å². The van der Waals surface area contributed by atoms with Crippen LogP contribution in [-0.2, 0) is 24.2 Å². The minimum atomic E-state index is -3.07. The second-order valence-electron chi connectivity index (χ2n) is 8.10. The maximum Gasteiger partial charge on any atom is 0.339 e. The first-order chi connectivity index (χ1) is 13.4. The zero-order chi connectivity index (χ0) is 21.8. The number of hydrogen-bond acceptors (Lipinski definition) is 7. The molecule has 1 aromatic carbocycles. The van der Waals surface area contributed by atoms with Crippen LogP contribution in [0.2, 0.25) is 0 Å². The first kappa shape index (κ1) is 23.4. The Morgan fingerprint density at radius 2 is 1.86 bits per heavy atom. The van der Waals surface area contributed by atoms with Gasteiger partial charge in [0.25, 0.3) is 0 Å². The summed E-state index contributed by atoms with van der Waals surface area (Å²) in [6.07, 6.45) is 0.444. The van der Waals surface area contributed by atoms with E-state index in [1.807, 2.05) is 0 Å². The largest absolute Gasteiger partial charge is 0.454 e. The second kappa shape index (κ2) is 9.30. The smallest absolute Gasteiger partial charge is 0.339 e. The molecule has 1 aliphatic rings. The van der Waals surface area contributed by atoms with Crippen molar-refractivity contribution in [2.45, 2.75) is 38.1 Å². The number of thioether (sulfide) groups is 1. The lowest BCUT2D eigenvalue weighted by molar-refractivity contribution is -0.129. The Hall–Kier alpha value is -1.87. The van der Waals surface area contributed by atoms with E-state index in [2.05, 4.69) is 0 Å².